The molecule has 0 radical (unpaired) electrons. The van der Waals surface area contributed by atoms with Gasteiger partial charge in [0.25, 0.3) is 5.91 Å². The molecule has 0 aromatic heterocycles. The average molecular weight is 284 g/mol. The Balaban J connectivity index is 2.20. The normalized spacial score (nSPS) is 14.8. The zero-order valence-corrected chi connectivity index (χ0v) is 11.1. The minimum absolute atomic E-state index is 0.0743. The number of nitrogens with one attached hydrogen (secondary N) is 2. The van der Waals surface area contributed by atoms with E-state index < -0.39 is 6.10 Å². The van der Waals surface area contributed by atoms with Crippen molar-refractivity contribution in [3.8, 4) is 0 Å². The van der Waals surface area contributed by atoms with E-state index in [1.54, 1.807) is 12.1 Å². The lowest BCUT2D eigenvalue weighted by Crippen LogP contribution is -2.36. The fourth-order valence-corrected chi connectivity index (χ4v) is 2.08. The average Bonchev–Trinajstić information content (AvgIpc) is 2.70. The lowest BCUT2D eigenvalue weighted by Gasteiger charge is -2.14. The fraction of sp³-hybridized carbons (Fsp3) is 0.333. The van der Waals surface area contributed by atoms with Gasteiger partial charge in [0.15, 0.2) is 0 Å². The van der Waals surface area contributed by atoms with E-state index in [-0.39, 0.29) is 24.8 Å². The molecule has 19 heavy (non-hydrogen) atoms. The van der Waals surface area contributed by atoms with Gasteiger partial charge in [-0.05, 0) is 17.7 Å². The molecule has 2 rings (SSSR count). The number of ether oxygens (including phenoxy) is 1. The summed E-state index contributed by atoms with van der Waals surface area (Å²) in [6, 6.07) is 3.29. The second-order valence-corrected chi connectivity index (χ2v) is 4.57. The standard InChI is InChI=1S/C12H14ClN3O3/c1-19-10(5-14)12(18)16-9-2-6-3-11(17)15-8(6)4-7(9)13/h2,4,10H,3,5,14H2,1H3,(H,15,17)(H,16,18). The number of carbonyl (C=O) groups is 2. The van der Waals surface area contributed by atoms with Crippen LogP contribution in [0.4, 0.5) is 11.4 Å². The molecular weight excluding hydrogens is 270 g/mol. The SMILES string of the molecule is COC(CN)C(=O)Nc1cc2c(cc1Cl)NC(=O)C2. The van der Waals surface area contributed by atoms with Crippen molar-refractivity contribution in [2.75, 3.05) is 24.3 Å². The Morgan fingerprint density at radius 2 is 2.37 bits per heavy atom. The van der Waals surface area contributed by atoms with Crippen molar-refractivity contribution in [1.29, 1.82) is 0 Å². The maximum Gasteiger partial charge on any atom is 0.254 e. The molecule has 1 atom stereocenters. The Morgan fingerprint density at radius 1 is 1.63 bits per heavy atom. The van der Waals surface area contributed by atoms with E-state index in [1.807, 2.05) is 0 Å². The number of rotatable bonds is 4. The van der Waals surface area contributed by atoms with Crippen LogP contribution in [0.5, 0.6) is 0 Å². The van der Waals surface area contributed by atoms with Crippen molar-refractivity contribution < 1.29 is 14.3 Å². The van der Waals surface area contributed by atoms with E-state index in [1.165, 1.54) is 7.11 Å². The summed E-state index contributed by atoms with van der Waals surface area (Å²) >= 11 is 6.05. The van der Waals surface area contributed by atoms with E-state index >= 15 is 0 Å². The number of hydrogen-bond donors (Lipinski definition) is 3. The molecule has 7 heteroatoms. The Kier molecular flexibility index (Phi) is 4.04. The molecule has 1 unspecified atom stereocenters. The van der Waals surface area contributed by atoms with Crippen molar-refractivity contribution in [2.45, 2.75) is 12.5 Å². The van der Waals surface area contributed by atoms with Crippen LogP contribution >= 0.6 is 11.6 Å². The van der Waals surface area contributed by atoms with Crippen LogP contribution in [-0.2, 0) is 20.7 Å². The van der Waals surface area contributed by atoms with E-state index in [0.717, 1.165) is 5.56 Å². The summed E-state index contributed by atoms with van der Waals surface area (Å²) in [6.45, 7) is 0.0743. The van der Waals surface area contributed by atoms with Crippen LogP contribution in [0.25, 0.3) is 0 Å². The van der Waals surface area contributed by atoms with Gasteiger partial charge in [0.2, 0.25) is 5.91 Å². The van der Waals surface area contributed by atoms with Crippen molar-refractivity contribution in [2.24, 2.45) is 5.73 Å². The first kappa shape index (κ1) is 13.8. The molecule has 6 nitrogen and oxygen atoms in total. The maximum atomic E-state index is 11.8. The Morgan fingerprint density at radius 3 is 3.00 bits per heavy atom. The third kappa shape index (κ3) is 2.86. The summed E-state index contributed by atoms with van der Waals surface area (Å²) < 4.78 is 4.94. The van der Waals surface area contributed by atoms with Gasteiger partial charge in [0.1, 0.15) is 6.10 Å². The predicted molar refractivity (Wildman–Crippen MR) is 72.3 cm³/mol. The topological polar surface area (TPSA) is 93.4 Å². The van der Waals surface area contributed by atoms with Crippen LogP contribution < -0.4 is 16.4 Å². The van der Waals surface area contributed by atoms with Gasteiger partial charge in [-0.1, -0.05) is 11.6 Å². The molecule has 1 heterocycles. The number of anilines is 2. The summed E-state index contributed by atoms with van der Waals surface area (Å²) in [5.41, 5.74) is 7.33. The zero-order valence-electron chi connectivity index (χ0n) is 10.3. The molecule has 0 fully saturated rings. The van der Waals surface area contributed by atoms with Gasteiger partial charge in [0.05, 0.1) is 17.1 Å². The lowest BCUT2D eigenvalue weighted by molar-refractivity contribution is -0.125. The predicted octanol–water partition coefficient (Wildman–Crippen LogP) is 0.747. The van der Waals surface area contributed by atoms with Crippen molar-refractivity contribution in [3.63, 3.8) is 0 Å². The molecule has 0 aliphatic carbocycles. The van der Waals surface area contributed by atoms with E-state index in [0.29, 0.717) is 16.4 Å². The maximum absolute atomic E-state index is 11.8. The Hall–Kier alpha value is -1.63. The van der Waals surface area contributed by atoms with Gasteiger partial charge in [-0.2, -0.15) is 0 Å². The monoisotopic (exact) mass is 283 g/mol. The van der Waals surface area contributed by atoms with Crippen LogP contribution in [0.15, 0.2) is 12.1 Å². The van der Waals surface area contributed by atoms with Gasteiger partial charge in [0, 0.05) is 19.3 Å². The summed E-state index contributed by atoms with van der Waals surface area (Å²) in [6.07, 6.45) is -0.455. The van der Waals surface area contributed by atoms with E-state index in [2.05, 4.69) is 10.6 Å². The van der Waals surface area contributed by atoms with Gasteiger partial charge >= 0.3 is 0 Å². The largest absolute Gasteiger partial charge is 0.370 e. The van der Waals surface area contributed by atoms with Crippen LogP contribution in [0, 0.1) is 0 Å². The van der Waals surface area contributed by atoms with Crippen molar-refractivity contribution in [1.82, 2.24) is 0 Å². The molecule has 1 aromatic carbocycles. The van der Waals surface area contributed by atoms with Crippen molar-refractivity contribution in [3.05, 3.63) is 22.7 Å². The molecule has 1 aromatic rings. The van der Waals surface area contributed by atoms with E-state index in [4.69, 9.17) is 22.1 Å². The highest BCUT2D eigenvalue weighted by molar-refractivity contribution is 6.34. The van der Waals surface area contributed by atoms with Crippen LogP contribution in [0.2, 0.25) is 5.02 Å². The summed E-state index contributed by atoms with van der Waals surface area (Å²) in [7, 11) is 1.41. The Labute approximate surface area is 115 Å². The number of methoxy groups -OCH3 is 1. The first-order valence-electron chi connectivity index (χ1n) is 5.71. The van der Waals surface area contributed by atoms with Crippen LogP contribution in [0.3, 0.4) is 0 Å². The molecule has 102 valence electrons. The summed E-state index contributed by atoms with van der Waals surface area (Å²) in [5, 5.41) is 5.67. The lowest BCUT2D eigenvalue weighted by atomic mass is 10.1. The second-order valence-electron chi connectivity index (χ2n) is 4.16. The second kappa shape index (κ2) is 5.56. The van der Waals surface area contributed by atoms with Gasteiger partial charge in [-0.15, -0.1) is 0 Å². The third-order valence-corrected chi connectivity index (χ3v) is 3.18. The van der Waals surface area contributed by atoms with E-state index in [9.17, 15) is 9.59 Å². The molecule has 0 spiro atoms. The smallest absolute Gasteiger partial charge is 0.254 e. The van der Waals surface area contributed by atoms with Crippen LogP contribution in [-0.4, -0.2) is 31.6 Å². The summed E-state index contributed by atoms with van der Waals surface area (Å²) in [4.78, 5) is 23.1. The quantitative estimate of drug-likeness (QED) is 0.760. The molecule has 4 N–H and O–H groups in total. The number of benzene rings is 1. The Bertz CT molecular complexity index is 529. The fourth-order valence-electron chi connectivity index (χ4n) is 1.87. The molecular formula is C12H14ClN3O3. The number of carbonyl (C=O) groups excluding carboxylic acids is 2. The molecule has 0 saturated carbocycles. The minimum atomic E-state index is -0.732. The molecule has 2 amide bonds. The third-order valence-electron chi connectivity index (χ3n) is 2.87. The summed E-state index contributed by atoms with van der Waals surface area (Å²) in [5.74, 6) is -0.463. The zero-order chi connectivity index (χ0) is 14.0. The molecule has 0 bridgehead atoms. The molecule has 1 aliphatic rings. The first-order valence-corrected chi connectivity index (χ1v) is 6.09. The van der Waals surface area contributed by atoms with Gasteiger partial charge < -0.3 is 21.1 Å². The molecule has 0 saturated heterocycles. The minimum Gasteiger partial charge on any atom is -0.370 e. The highest BCUT2D eigenvalue weighted by Crippen LogP contribution is 2.32. The number of amides is 2. The number of nitrogens with two attached hydrogens (primary N) is 1. The number of hydrogen-bond acceptors (Lipinski definition) is 4. The number of halogens is 1. The van der Waals surface area contributed by atoms with Crippen molar-refractivity contribution >= 4 is 34.8 Å². The highest BCUT2D eigenvalue weighted by atomic mass is 35.5. The van der Waals surface area contributed by atoms with Crippen LogP contribution in [0.1, 0.15) is 5.56 Å². The number of fused-ring (bicyclic) bond motifs is 1. The highest BCUT2D eigenvalue weighted by Gasteiger charge is 2.22. The van der Waals surface area contributed by atoms with Gasteiger partial charge in [-0.25, -0.2) is 0 Å². The first-order chi connectivity index (χ1) is 9.05. The molecule has 1 aliphatic heterocycles. The van der Waals surface area contributed by atoms with Gasteiger partial charge in [-0.3, -0.25) is 9.59 Å².